The lowest BCUT2D eigenvalue weighted by Crippen LogP contribution is -2.23. The van der Waals surface area contributed by atoms with E-state index in [1.54, 1.807) is 25.3 Å². The van der Waals surface area contributed by atoms with Crippen LogP contribution in [0.25, 0.3) is 11.5 Å². The van der Waals surface area contributed by atoms with Crippen molar-refractivity contribution >= 4 is 17.5 Å². The number of carbonyl (C=O) groups is 2. The summed E-state index contributed by atoms with van der Waals surface area (Å²) in [5.41, 5.74) is 1.06. The third-order valence-electron chi connectivity index (χ3n) is 3.56. The molecule has 3 aromatic rings. The second-order valence-corrected chi connectivity index (χ2v) is 5.55. The van der Waals surface area contributed by atoms with Gasteiger partial charge in [-0.15, -0.1) is 0 Å². The quantitative estimate of drug-likeness (QED) is 0.725. The van der Waals surface area contributed by atoms with Gasteiger partial charge in [-0.05, 0) is 37.3 Å². The van der Waals surface area contributed by atoms with Crippen LogP contribution in [0.1, 0.15) is 27.6 Å². The molecule has 0 aliphatic heterocycles. The van der Waals surface area contributed by atoms with Gasteiger partial charge < -0.3 is 10.6 Å². The average Bonchev–Trinajstić information content (AvgIpc) is 2.68. The molecule has 8 heteroatoms. The molecule has 0 aliphatic carbocycles. The van der Waals surface area contributed by atoms with Gasteiger partial charge in [0.1, 0.15) is 11.5 Å². The van der Waals surface area contributed by atoms with Crippen molar-refractivity contribution in [3.05, 3.63) is 71.9 Å². The SMILES string of the molecule is CCNC(=O)c1cc(F)cc(NC(=O)c2cnc(-c3ccccn3)nc2)c1. The van der Waals surface area contributed by atoms with E-state index >= 15 is 0 Å². The Bertz CT molecular complexity index is 962. The predicted octanol–water partition coefficient (Wildman–Crippen LogP) is 2.68. The number of pyridine rings is 1. The van der Waals surface area contributed by atoms with Gasteiger partial charge in [-0.2, -0.15) is 0 Å². The van der Waals surface area contributed by atoms with E-state index in [0.29, 0.717) is 18.1 Å². The van der Waals surface area contributed by atoms with Crippen molar-refractivity contribution in [2.75, 3.05) is 11.9 Å². The van der Waals surface area contributed by atoms with Crippen LogP contribution >= 0.6 is 0 Å². The average molecular weight is 365 g/mol. The van der Waals surface area contributed by atoms with Crippen LogP contribution in [0, 0.1) is 5.82 Å². The van der Waals surface area contributed by atoms with Gasteiger partial charge in [0.2, 0.25) is 0 Å². The molecule has 0 bridgehead atoms. The fourth-order valence-corrected chi connectivity index (χ4v) is 2.33. The zero-order chi connectivity index (χ0) is 19.2. The highest BCUT2D eigenvalue weighted by molar-refractivity contribution is 6.04. The number of anilines is 1. The highest BCUT2D eigenvalue weighted by Crippen LogP contribution is 2.16. The van der Waals surface area contributed by atoms with Crippen LogP contribution in [-0.4, -0.2) is 33.3 Å². The van der Waals surface area contributed by atoms with Crippen LogP contribution in [0.5, 0.6) is 0 Å². The lowest BCUT2D eigenvalue weighted by atomic mass is 10.1. The summed E-state index contributed by atoms with van der Waals surface area (Å²) in [4.78, 5) is 36.6. The molecule has 2 aromatic heterocycles. The maximum atomic E-state index is 13.8. The Morgan fingerprint density at radius 2 is 1.78 bits per heavy atom. The lowest BCUT2D eigenvalue weighted by molar-refractivity contribution is 0.0954. The first kappa shape index (κ1) is 18.1. The Labute approximate surface area is 154 Å². The Hall–Kier alpha value is -3.68. The molecule has 0 atom stereocenters. The summed E-state index contributed by atoms with van der Waals surface area (Å²) < 4.78 is 13.8. The molecule has 7 nitrogen and oxygen atoms in total. The Morgan fingerprint density at radius 3 is 2.44 bits per heavy atom. The van der Waals surface area contributed by atoms with Crippen molar-refractivity contribution < 1.29 is 14.0 Å². The van der Waals surface area contributed by atoms with E-state index in [9.17, 15) is 14.0 Å². The normalized spacial score (nSPS) is 10.3. The zero-order valence-electron chi connectivity index (χ0n) is 14.4. The molecule has 0 aliphatic rings. The molecule has 1 aromatic carbocycles. The zero-order valence-corrected chi connectivity index (χ0v) is 14.4. The van der Waals surface area contributed by atoms with Crippen molar-refractivity contribution in [1.82, 2.24) is 20.3 Å². The van der Waals surface area contributed by atoms with E-state index in [1.807, 2.05) is 6.07 Å². The van der Waals surface area contributed by atoms with Crippen LogP contribution < -0.4 is 10.6 Å². The van der Waals surface area contributed by atoms with Crippen LogP contribution in [0.2, 0.25) is 0 Å². The minimum Gasteiger partial charge on any atom is -0.352 e. The summed E-state index contributed by atoms with van der Waals surface area (Å²) in [6.45, 7) is 2.17. The molecule has 2 N–H and O–H groups in total. The molecule has 136 valence electrons. The molecule has 0 saturated carbocycles. The number of halogens is 1. The summed E-state index contributed by atoms with van der Waals surface area (Å²) >= 11 is 0. The van der Waals surface area contributed by atoms with E-state index in [2.05, 4.69) is 25.6 Å². The highest BCUT2D eigenvalue weighted by Gasteiger charge is 2.12. The summed E-state index contributed by atoms with van der Waals surface area (Å²) in [5, 5.41) is 5.12. The second kappa shape index (κ2) is 8.13. The number of hydrogen-bond donors (Lipinski definition) is 2. The summed E-state index contributed by atoms with van der Waals surface area (Å²) in [7, 11) is 0. The summed E-state index contributed by atoms with van der Waals surface area (Å²) in [6, 6.07) is 8.97. The first-order valence-corrected chi connectivity index (χ1v) is 8.20. The van der Waals surface area contributed by atoms with Crippen molar-refractivity contribution in [2.45, 2.75) is 6.92 Å². The molecule has 3 rings (SSSR count). The Morgan fingerprint density at radius 1 is 1.00 bits per heavy atom. The van der Waals surface area contributed by atoms with E-state index < -0.39 is 17.6 Å². The van der Waals surface area contributed by atoms with E-state index in [-0.39, 0.29) is 16.8 Å². The lowest BCUT2D eigenvalue weighted by Gasteiger charge is -2.08. The maximum Gasteiger partial charge on any atom is 0.258 e. The van der Waals surface area contributed by atoms with Gasteiger partial charge in [-0.1, -0.05) is 6.07 Å². The number of rotatable bonds is 5. The second-order valence-electron chi connectivity index (χ2n) is 5.55. The summed E-state index contributed by atoms with van der Waals surface area (Å²) in [5.74, 6) is -1.18. The molecular formula is C19H16FN5O2. The number of amides is 2. The number of nitrogens with zero attached hydrogens (tertiary/aromatic N) is 3. The molecule has 0 saturated heterocycles. The third kappa shape index (κ3) is 4.49. The summed E-state index contributed by atoms with van der Waals surface area (Å²) in [6.07, 6.45) is 4.34. The third-order valence-corrected chi connectivity index (χ3v) is 3.56. The molecule has 0 unspecified atom stereocenters. The number of aromatic nitrogens is 3. The van der Waals surface area contributed by atoms with E-state index in [4.69, 9.17) is 0 Å². The van der Waals surface area contributed by atoms with Crippen LogP contribution in [0.3, 0.4) is 0 Å². The molecular weight excluding hydrogens is 349 g/mol. The molecule has 0 spiro atoms. The number of hydrogen-bond acceptors (Lipinski definition) is 5. The standard InChI is InChI=1S/C19H16FN5O2/c1-2-21-18(26)12-7-14(20)9-15(8-12)25-19(27)13-10-23-17(24-11-13)16-5-3-4-6-22-16/h3-11H,2H2,1H3,(H,21,26)(H,25,27). The topological polar surface area (TPSA) is 96.9 Å². The fourth-order valence-electron chi connectivity index (χ4n) is 2.33. The predicted molar refractivity (Wildman–Crippen MR) is 97.6 cm³/mol. The molecule has 2 heterocycles. The van der Waals surface area contributed by atoms with Crippen molar-refractivity contribution in [3.63, 3.8) is 0 Å². The Balaban J connectivity index is 1.76. The molecule has 0 fully saturated rings. The van der Waals surface area contributed by atoms with Crippen molar-refractivity contribution in [3.8, 4) is 11.5 Å². The smallest absolute Gasteiger partial charge is 0.258 e. The molecule has 2 amide bonds. The number of carbonyl (C=O) groups excluding carboxylic acids is 2. The van der Waals surface area contributed by atoms with Gasteiger partial charge in [0.25, 0.3) is 11.8 Å². The van der Waals surface area contributed by atoms with Crippen molar-refractivity contribution in [2.24, 2.45) is 0 Å². The fraction of sp³-hybridized carbons (Fsp3) is 0.105. The van der Waals surface area contributed by atoms with Gasteiger partial charge in [0.15, 0.2) is 5.82 Å². The van der Waals surface area contributed by atoms with E-state index in [1.165, 1.54) is 18.5 Å². The minimum atomic E-state index is -0.629. The number of nitrogens with one attached hydrogen (secondary N) is 2. The van der Waals surface area contributed by atoms with Gasteiger partial charge in [0, 0.05) is 36.4 Å². The number of benzene rings is 1. The minimum absolute atomic E-state index is 0.119. The van der Waals surface area contributed by atoms with Crippen LogP contribution in [0.4, 0.5) is 10.1 Å². The Kier molecular flexibility index (Phi) is 5.46. The molecule has 0 radical (unpaired) electrons. The first-order valence-electron chi connectivity index (χ1n) is 8.20. The van der Waals surface area contributed by atoms with Gasteiger partial charge in [-0.3, -0.25) is 14.6 Å². The molecule has 27 heavy (non-hydrogen) atoms. The van der Waals surface area contributed by atoms with Gasteiger partial charge >= 0.3 is 0 Å². The largest absolute Gasteiger partial charge is 0.352 e. The van der Waals surface area contributed by atoms with Crippen molar-refractivity contribution in [1.29, 1.82) is 0 Å². The van der Waals surface area contributed by atoms with Gasteiger partial charge in [-0.25, -0.2) is 14.4 Å². The first-order chi connectivity index (χ1) is 13.1. The van der Waals surface area contributed by atoms with Gasteiger partial charge in [0.05, 0.1) is 5.56 Å². The van der Waals surface area contributed by atoms with E-state index in [0.717, 1.165) is 12.1 Å². The maximum absolute atomic E-state index is 13.8. The van der Waals surface area contributed by atoms with Crippen LogP contribution in [0.15, 0.2) is 55.0 Å². The monoisotopic (exact) mass is 365 g/mol. The highest BCUT2D eigenvalue weighted by atomic mass is 19.1. The van der Waals surface area contributed by atoms with Crippen LogP contribution in [-0.2, 0) is 0 Å².